The minimum absolute atomic E-state index is 0.0310. The van der Waals surface area contributed by atoms with Crippen LogP contribution in [0.2, 0.25) is 0 Å². The number of carbonyl (C=O) groups excluding carboxylic acids is 1. The van der Waals surface area contributed by atoms with Gasteiger partial charge in [0.15, 0.2) is 0 Å². The van der Waals surface area contributed by atoms with Gasteiger partial charge in [-0.3, -0.25) is 4.79 Å². The summed E-state index contributed by atoms with van der Waals surface area (Å²) in [7, 11) is 4.00. The van der Waals surface area contributed by atoms with Crippen molar-refractivity contribution in [3.63, 3.8) is 0 Å². The molecule has 0 aliphatic rings. The van der Waals surface area contributed by atoms with Crippen LogP contribution >= 0.6 is 11.3 Å². The molecule has 24 heavy (non-hydrogen) atoms. The molecule has 0 radical (unpaired) electrons. The highest BCUT2D eigenvalue weighted by atomic mass is 32.1. The summed E-state index contributed by atoms with van der Waals surface area (Å²) in [5, 5.41) is 5.83. The third-order valence-electron chi connectivity index (χ3n) is 4.19. The zero-order valence-corrected chi connectivity index (χ0v) is 15.4. The molecule has 0 saturated heterocycles. The summed E-state index contributed by atoms with van der Waals surface area (Å²) < 4.78 is 13.0. The number of rotatable bonds is 7. The second kappa shape index (κ2) is 7.85. The quantitative estimate of drug-likeness (QED) is 0.834. The molecule has 1 heterocycles. The highest BCUT2D eigenvalue weighted by molar-refractivity contribution is 7.09. The Morgan fingerprint density at radius 2 is 1.96 bits per heavy atom. The molecule has 2 aromatic rings. The van der Waals surface area contributed by atoms with Crippen LogP contribution in [-0.4, -0.2) is 42.0 Å². The average Bonchev–Trinajstić information content (AvgIpc) is 3.00. The van der Waals surface area contributed by atoms with Crippen molar-refractivity contribution in [2.45, 2.75) is 32.2 Å². The predicted octanol–water partition coefficient (Wildman–Crippen LogP) is 3.34. The van der Waals surface area contributed by atoms with E-state index >= 15 is 0 Å². The van der Waals surface area contributed by atoms with Crippen LogP contribution < -0.4 is 5.32 Å². The first kappa shape index (κ1) is 18.5. The maximum atomic E-state index is 13.0. The van der Waals surface area contributed by atoms with Gasteiger partial charge in [0.2, 0.25) is 5.91 Å². The van der Waals surface area contributed by atoms with Crippen molar-refractivity contribution in [2.24, 2.45) is 0 Å². The molecule has 0 spiro atoms. The van der Waals surface area contributed by atoms with E-state index < -0.39 is 0 Å². The van der Waals surface area contributed by atoms with E-state index in [1.54, 1.807) is 12.1 Å². The Kier molecular flexibility index (Phi) is 6.07. The number of nitrogens with one attached hydrogen (secondary N) is 1. The molecule has 1 aromatic heterocycles. The average molecular weight is 349 g/mol. The Bertz CT molecular complexity index is 680. The summed E-state index contributed by atoms with van der Waals surface area (Å²) in [5.41, 5.74) is 1.63. The van der Waals surface area contributed by atoms with E-state index in [-0.39, 0.29) is 17.3 Å². The first-order valence-electron chi connectivity index (χ1n) is 7.92. The summed E-state index contributed by atoms with van der Waals surface area (Å²) in [6, 6.07) is 6.27. The molecular weight excluding hydrogens is 325 g/mol. The van der Waals surface area contributed by atoms with Crippen molar-refractivity contribution in [3.8, 4) is 11.3 Å². The number of benzene rings is 1. The number of thiazole rings is 1. The summed E-state index contributed by atoms with van der Waals surface area (Å²) in [6.45, 7) is 4.78. The van der Waals surface area contributed by atoms with E-state index in [0.29, 0.717) is 19.4 Å². The molecule has 0 atom stereocenters. The van der Waals surface area contributed by atoms with Gasteiger partial charge in [-0.15, -0.1) is 11.3 Å². The Morgan fingerprint density at radius 1 is 1.29 bits per heavy atom. The van der Waals surface area contributed by atoms with Crippen molar-refractivity contribution in [3.05, 3.63) is 40.5 Å². The van der Waals surface area contributed by atoms with E-state index in [1.165, 1.54) is 23.5 Å². The van der Waals surface area contributed by atoms with E-state index in [4.69, 9.17) is 0 Å². The van der Waals surface area contributed by atoms with Crippen LogP contribution in [0.4, 0.5) is 4.39 Å². The number of aryl methyl sites for hydroxylation is 1. The van der Waals surface area contributed by atoms with E-state index in [0.717, 1.165) is 16.3 Å². The van der Waals surface area contributed by atoms with Gasteiger partial charge in [-0.05, 0) is 52.2 Å². The number of hydrogen-bond acceptors (Lipinski definition) is 4. The molecule has 0 aliphatic carbocycles. The van der Waals surface area contributed by atoms with Crippen molar-refractivity contribution >= 4 is 17.2 Å². The van der Waals surface area contributed by atoms with Gasteiger partial charge < -0.3 is 10.2 Å². The molecule has 1 aromatic carbocycles. The number of carbonyl (C=O) groups is 1. The number of nitrogens with zero attached hydrogens (tertiary/aromatic N) is 2. The smallest absolute Gasteiger partial charge is 0.220 e. The number of hydrogen-bond donors (Lipinski definition) is 1. The molecule has 130 valence electrons. The molecule has 0 saturated carbocycles. The maximum Gasteiger partial charge on any atom is 0.220 e. The predicted molar refractivity (Wildman–Crippen MR) is 96.6 cm³/mol. The Balaban J connectivity index is 1.85. The molecule has 0 aliphatic heterocycles. The van der Waals surface area contributed by atoms with Crippen molar-refractivity contribution in [1.29, 1.82) is 0 Å². The monoisotopic (exact) mass is 349 g/mol. The lowest BCUT2D eigenvalue weighted by molar-refractivity contribution is -0.121. The highest BCUT2D eigenvalue weighted by Crippen LogP contribution is 2.22. The maximum absolute atomic E-state index is 13.0. The normalized spacial score (nSPS) is 11.8. The van der Waals surface area contributed by atoms with E-state index in [1.807, 2.05) is 19.5 Å². The first-order valence-corrected chi connectivity index (χ1v) is 8.80. The van der Waals surface area contributed by atoms with Crippen LogP contribution in [-0.2, 0) is 11.2 Å². The third-order valence-corrected chi connectivity index (χ3v) is 5.10. The standard InChI is InChI=1S/C18H24FN3OS/c1-18(2,22(3)4)12-20-16(23)9-10-17-21-15(11-24-17)13-5-7-14(19)8-6-13/h5-8,11H,9-10,12H2,1-4H3,(H,20,23). The fourth-order valence-corrected chi connectivity index (χ4v) is 2.77. The van der Waals surface area contributed by atoms with E-state index in [2.05, 4.69) is 29.0 Å². The van der Waals surface area contributed by atoms with Crippen LogP contribution in [0.15, 0.2) is 29.6 Å². The van der Waals surface area contributed by atoms with Crippen LogP contribution in [0, 0.1) is 5.82 Å². The van der Waals surface area contributed by atoms with Crippen molar-refractivity contribution in [1.82, 2.24) is 15.2 Å². The summed E-state index contributed by atoms with van der Waals surface area (Å²) in [6.07, 6.45) is 1.03. The van der Waals surface area contributed by atoms with Gasteiger partial charge in [0.25, 0.3) is 0 Å². The molecule has 6 heteroatoms. The van der Waals surface area contributed by atoms with Crippen LogP contribution in [0.25, 0.3) is 11.3 Å². The van der Waals surface area contributed by atoms with Crippen LogP contribution in [0.3, 0.4) is 0 Å². The number of halogens is 1. The number of aromatic nitrogens is 1. The topological polar surface area (TPSA) is 45.2 Å². The first-order chi connectivity index (χ1) is 11.3. The Hall–Kier alpha value is -1.79. The molecule has 0 unspecified atom stereocenters. The molecule has 0 bridgehead atoms. The zero-order chi connectivity index (χ0) is 17.7. The Labute approximate surface area is 146 Å². The van der Waals surface area contributed by atoms with Gasteiger partial charge >= 0.3 is 0 Å². The summed E-state index contributed by atoms with van der Waals surface area (Å²) in [4.78, 5) is 18.6. The fraction of sp³-hybridized carbons (Fsp3) is 0.444. The number of amides is 1. The second-order valence-corrected chi connectivity index (χ2v) is 7.56. The van der Waals surface area contributed by atoms with Crippen LogP contribution in [0.1, 0.15) is 25.3 Å². The van der Waals surface area contributed by atoms with Gasteiger partial charge in [0.05, 0.1) is 10.7 Å². The van der Waals surface area contributed by atoms with Gasteiger partial charge in [-0.2, -0.15) is 0 Å². The third kappa shape index (κ3) is 5.11. The van der Waals surface area contributed by atoms with E-state index in [9.17, 15) is 9.18 Å². The fourth-order valence-electron chi connectivity index (χ4n) is 1.96. The zero-order valence-electron chi connectivity index (χ0n) is 14.6. The van der Waals surface area contributed by atoms with Gasteiger partial charge in [-0.1, -0.05) is 0 Å². The molecular formula is C18H24FN3OS. The van der Waals surface area contributed by atoms with Crippen LogP contribution in [0.5, 0.6) is 0 Å². The lowest BCUT2D eigenvalue weighted by Gasteiger charge is -2.32. The molecule has 1 N–H and O–H groups in total. The molecule has 1 amide bonds. The lowest BCUT2D eigenvalue weighted by Crippen LogP contribution is -2.48. The van der Waals surface area contributed by atoms with Gasteiger partial charge in [0, 0.05) is 35.9 Å². The van der Waals surface area contributed by atoms with Crippen molar-refractivity contribution < 1.29 is 9.18 Å². The van der Waals surface area contributed by atoms with Gasteiger partial charge in [-0.25, -0.2) is 9.37 Å². The Morgan fingerprint density at radius 3 is 2.58 bits per heavy atom. The molecule has 4 nitrogen and oxygen atoms in total. The minimum Gasteiger partial charge on any atom is -0.354 e. The van der Waals surface area contributed by atoms with Gasteiger partial charge in [0.1, 0.15) is 5.82 Å². The molecule has 0 fully saturated rings. The lowest BCUT2D eigenvalue weighted by atomic mass is 10.0. The summed E-state index contributed by atoms with van der Waals surface area (Å²) >= 11 is 1.53. The second-order valence-electron chi connectivity index (χ2n) is 6.62. The van der Waals surface area contributed by atoms with Crippen molar-refractivity contribution in [2.75, 3.05) is 20.6 Å². The highest BCUT2D eigenvalue weighted by Gasteiger charge is 2.21. The molecule has 2 rings (SSSR count). The largest absolute Gasteiger partial charge is 0.354 e. The number of likely N-dealkylation sites (N-methyl/N-ethyl adjacent to an activating group) is 1. The minimum atomic E-state index is -0.258. The SMILES string of the molecule is CN(C)C(C)(C)CNC(=O)CCc1nc(-c2ccc(F)cc2)cs1. The summed E-state index contributed by atoms with van der Waals surface area (Å²) in [5.74, 6) is -0.227.